The number of cyclic esters (lactones) is 2. The van der Waals surface area contributed by atoms with Crippen LogP contribution in [-0.4, -0.2) is 23.8 Å². The van der Waals surface area contributed by atoms with E-state index in [0.717, 1.165) is 4.47 Å². The van der Waals surface area contributed by atoms with E-state index in [2.05, 4.69) is 15.9 Å². The van der Waals surface area contributed by atoms with Crippen LogP contribution in [0.2, 0.25) is 0 Å². The van der Waals surface area contributed by atoms with Gasteiger partial charge in [0.05, 0.1) is 6.10 Å². The molecule has 0 aliphatic carbocycles. The fraction of sp³-hybridized carbons (Fsp3) is 0.375. The molecule has 1 aliphatic heterocycles. The summed E-state index contributed by atoms with van der Waals surface area (Å²) < 4.78 is 16.5. The second-order valence-electron chi connectivity index (χ2n) is 5.59. The molecule has 0 N–H and O–H groups in total. The minimum absolute atomic E-state index is 0.0205. The molecule has 6 heteroatoms. The topological polar surface area (TPSA) is 61.8 Å². The largest absolute Gasteiger partial charge is 0.491 e. The van der Waals surface area contributed by atoms with Crippen molar-refractivity contribution in [2.24, 2.45) is 0 Å². The zero-order valence-electron chi connectivity index (χ0n) is 12.8. The predicted molar refractivity (Wildman–Crippen MR) is 84.1 cm³/mol. The van der Waals surface area contributed by atoms with Gasteiger partial charge in [-0.25, -0.2) is 9.59 Å². The van der Waals surface area contributed by atoms with E-state index in [-0.39, 0.29) is 11.7 Å². The van der Waals surface area contributed by atoms with Crippen LogP contribution in [0.4, 0.5) is 0 Å². The Balaban J connectivity index is 2.36. The number of esters is 2. The van der Waals surface area contributed by atoms with Gasteiger partial charge in [-0.1, -0.05) is 15.9 Å². The highest BCUT2D eigenvalue weighted by Crippen LogP contribution is 2.29. The summed E-state index contributed by atoms with van der Waals surface area (Å²) in [6, 6.07) is 5.32. The smallest absolute Gasteiger partial charge is 0.348 e. The molecule has 0 bridgehead atoms. The molecule has 1 aromatic carbocycles. The lowest BCUT2D eigenvalue weighted by Gasteiger charge is -2.29. The Kier molecular flexibility index (Phi) is 4.60. The average molecular weight is 369 g/mol. The summed E-state index contributed by atoms with van der Waals surface area (Å²) in [6.45, 7) is 6.84. The Morgan fingerprint density at radius 2 is 1.77 bits per heavy atom. The lowest BCUT2D eigenvalue weighted by atomic mass is 10.1. The van der Waals surface area contributed by atoms with Gasteiger partial charge in [-0.15, -0.1) is 0 Å². The monoisotopic (exact) mass is 368 g/mol. The Morgan fingerprint density at radius 3 is 2.32 bits per heavy atom. The van der Waals surface area contributed by atoms with Gasteiger partial charge >= 0.3 is 11.9 Å². The maximum Gasteiger partial charge on any atom is 0.348 e. The van der Waals surface area contributed by atoms with E-state index < -0.39 is 17.7 Å². The Morgan fingerprint density at radius 1 is 1.18 bits per heavy atom. The zero-order chi connectivity index (χ0) is 16.5. The second kappa shape index (κ2) is 6.12. The molecule has 0 amide bonds. The third-order valence-corrected chi connectivity index (χ3v) is 3.48. The highest BCUT2D eigenvalue weighted by molar-refractivity contribution is 9.10. The van der Waals surface area contributed by atoms with Crippen LogP contribution in [0.25, 0.3) is 6.08 Å². The van der Waals surface area contributed by atoms with Gasteiger partial charge in [-0.3, -0.25) is 0 Å². The fourth-order valence-corrected chi connectivity index (χ4v) is 2.27. The van der Waals surface area contributed by atoms with Gasteiger partial charge in [0.15, 0.2) is 0 Å². The van der Waals surface area contributed by atoms with Gasteiger partial charge in [0.2, 0.25) is 0 Å². The fourth-order valence-electron chi connectivity index (χ4n) is 1.91. The number of halogens is 1. The van der Waals surface area contributed by atoms with E-state index in [1.54, 1.807) is 18.2 Å². The van der Waals surface area contributed by atoms with E-state index >= 15 is 0 Å². The van der Waals surface area contributed by atoms with Gasteiger partial charge in [0, 0.05) is 18.3 Å². The molecular formula is C16H17BrO5. The molecule has 1 heterocycles. The summed E-state index contributed by atoms with van der Waals surface area (Å²) in [5.74, 6) is -2.01. The number of benzene rings is 1. The van der Waals surface area contributed by atoms with Crippen LogP contribution in [0.15, 0.2) is 28.2 Å². The van der Waals surface area contributed by atoms with E-state index in [1.165, 1.54) is 19.9 Å². The third kappa shape index (κ3) is 3.88. The maximum atomic E-state index is 12.0. The summed E-state index contributed by atoms with van der Waals surface area (Å²) in [5.41, 5.74) is 0.475. The van der Waals surface area contributed by atoms with Crippen molar-refractivity contribution in [2.45, 2.75) is 39.6 Å². The van der Waals surface area contributed by atoms with Crippen molar-refractivity contribution in [3.8, 4) is 5.75 Å². The number of hydrogen-bond donors (Lipinski definition) is 0. The predicted octanol–water partition coefficient (Wildman–Crippen LogP) is 3.46. The van der Waals surface area contributed by atoms with Gasteiger partial charge in [-0.2, -0.15) is 0 Å². The van der Waals surface area contributed by atoms with Crippen molar-refractivity contribution < 1.29 is 23.8 Å². The van der Waals surface area contributed by atoms with Crippen LogP contribution in [-0.2, 0) is 19.1 Å². The lowest BCUT2D eigenvalue weighted by molar-refractivity contribution is -0.222. The maximum absolute atomic E-state index is 12.0. The average Bonchev–Trinajstić information content (AvgIpc) is 2.35. The van der Waals surface area contributed by atoms with Crippen molar-refractivity contribution in [1.82, 2.24) is 0 Å². The van der Waals surface area contributed by atoms with E-state index in [0.29, 0.717) is 11.3 Å². The normalized spacial score (nSPS) is 17.1. The van der Waals surface area contributed by atoms with Crippen LogP contribution in [0, 0.1) is 0 Å². The van der Waals surface area contributed by atoms with Crippen LogP contribution in [0.5, 0.6) is 5.75 Å². The zero-order valence-corrected chi connectivity index (χ0v) is 14.4. The number of ether oxygens (including phenoxy) is 3. The first kappa shape index (κ1) is 16.5. The van der Waals surface area contributed by atoms with E-state index in [1.807, 2.05) is 13.8 Å². The van der Waals surface area contributed by atoms with Crippen LogP contribution >= 0.6 is 15.9 Å². The van der Waals surface area contributed by atoms with Gasteiger partial charge in [-0.05, 0) is 43.7 Å². The first-order valence-corrected chi connectivity index (χ1v) is 7.62. The molecule has 1 fully saturated rings. The summed E-state index contributed by atoms with van der Waals surface area (Å²) in [4.78, 5) is 23.9. The highest BCUT2D eigenvalue weighted by atomic mass is 79.9. The molecule has 1 aliphatic rings. The number of carbonyl (C=O) groups excluding carboxylic acids is 2. The Hall–Kier alpha value is -1.82. The van der Waals surface area contributed by atoms with Gasteiger partial charge in [0.25, 0.3) is 5.79 Å². The molecule has 0 spiro atoms. The quantitative estimate of drug-likeness (QED) is 0.464. The van der Waals surface area contributed by atoms with E-state index in [9.17, 15) is 9.59 Å². The number of rotatable bonds is 3. The molecule has 0 saturated carbocycles. The standard InChI is InChI=1S/C16H17BrO5/c1-9(2)20-11-5-6-13(17)10(7-11)8-12-14(18)21-16(3,4)22-15(12)19/h5-9H,1-4H3. The first-order chi connectivity index (χ1) is 10.2. The van der Waals surface area contributed by atoms with Crippen LogP contribution < -0.4 is 4.74 Å². The molecule has 118 valence electrons. The highest BCUT2D eigenvalue weighted by Gasteiger charge is 2.38. The van der Waals surface area contributed by atoms with E-state index in [4.69, 9.17) is 14.2 Å². The lowest BCUT2D eigenvalue weighted by Crippen LogP contribution is -2.41. The number of hydrogen-bond acceptors (Lipinski definition) is 5. The van der Waals surface area contributed by atoms with Crippen LogP contribution in [0.3, 0.4) is 0 Å². The molecule has 5 nitrogen and oxygen atoms in total. The summed E-state index contributed by atoms with van der Waals surface area (Å²) in [5, 5.41) is 0. The van der Waals surface area contributed by atoms with Crippen molar-refractivity contribution in [3.05, 3.63) is 33.8 Å². The van der Waals surface area contributed by atoms with Crippen LogP contribution in [0.1, 0.15) is 33.3 Å². The Labute approximate surface area is 137 Å². The summed E-state index contributed by atoms with van der Waals surface area (Å²) in [6.07, 6.45) is 1.45. The summed E-state index contributed by atoms with van der Waals surface area (Å²) >= 11 is 3.38. The molecule has 1 saturated heterocycles. The van der Waals surface area contributed by atoms with Crippen molar-refractivity contribution in [1.29, 1.82) is 0 Å². The van der Waals surface area contributed by atoms with Crippen molar-refractivity contribution in [3.63, 3.8) is 0 Å². The first-order valence-electron chi connectivity index (χ1n) is 6.82. The van der Waals surface area contributed by atoms with Gasteiger partial charge < -0.3 is 14.2 Å². The van der Waals surface area contributed by atoms with Crippen molar-refractivity contribution in [2.75, 3.05) is 0 Å². The molecule has 0 radical (unpaired) electrons. The molecule has 0 atom stereocenters. The second-order valence-corrected chi connectivity index (χ2v) is 6.44. The summed E-state index contributed by atoms with van der Waals surface area (Å²) in [7, 11) is 0. The minimum Gasteiger partial charge on any atom is -0.491 e. The molecular weight excluding hydrogens is 352 g/mol. The minimum atomic E-state index is -1.24. The molecule has 2 rings (SSSR count). The SMILES string of the molecule is CC(C)Oc1ccc(Br)c(C=C2C(=O)OC(C)(C)OC2=O)c1. The molecule has 0 unspecified atom stereocenters. The molecule has 22 heavy (non-hydrogen) atoms. The Bertz CT molecular complexity index is 624. The van der Waals surface area contributed by atoms with Crippen molar-refractivity contribution >= 4 is 33.9 Å². The third-order valence-electron chi connectivity index (χ3n) is 2.76. The number of carbonyl (C=O) groups is 2. The van der Waals surface area contributed by atoms with Gasteiger partial charge in [0.1, 0.15) is 11.3 Å². The molecule has 1 aromatic rings. The molecule has 0 aromatic heterocycles.